The number of hydrogen-bond donors (Lipinski definition) is 2. The third-order valence-electron chi connectivity index (χ3n) is 7.13. The molecule has 2 heterocycles. The normalized spacial score (nSPS) is 18.0. The fourth-order valence-electron chi connectivity index (χ4n) is 4.94. The number of alkyl halides is 3. The van der Waals surface area contributed by atoms with Crippen molar-refractivity contribution in [2.45, 2.75) is 85.2 Å². The molecule has 1 aromatic heterocycles. The lowest BCUT2D eigenvalue weighted by Gasteiger charge is -2.32. The van der Waals surface area contributed by atoms with E-state index >= 15 is 0 Å². The third kappa shape index (κ3) is 6.45. The maximum absolute atomic E-state index is 13.8. The Morgan fingerprint density at radius 2 is 1.88 bits per heavy atom. The van der Waals surface area contributed by atoms with Crippen molar-refractivity contribution in [1.82, 2.24) is 10.2 Å². The lowest BCUT2D eigenvalue weighted by atomic mass is 9.88. The molecule has 2 aliphatic rings. The van der Waals surface area contributed by atoms with Crippen LogP contribution in [0.5, 0.6) is 0 Å². The summed E-state index contributed by atoms with van der Waals surface area (Å²) in [7, 11) is 0. The molecule has 2 amide bonds. The number of amides is 2. The predicted octanol–water partition coefficient (Wildman–Crippen LogP) is 7.15. The topological polar surface area (TPSA) is 44.4 Å². The van der Waals surface area contributed by atoms with Crippen LogP contribution in [0.4, 0.5) is 23.0 Å². The maximum Gasteiger partial charge on any atom is 0.412 e. The number of halogens is 3. The van der Waals surface area contributed by atoms with Crippen LogP contribution >= 0.6 is 11.3 Å². The molecule has 8 heteroatoms. The van der Waals surface area contributed by atoms with Crippen LogP contribution < -0.4 is 10.6 Å². The van der Waals surface area contributed by atoms with E-state index in [0.717, 1.165) is 86.7 Å². The van der Waals surface area contributed by atoms with Gasteiger partial charge < -0.3 is 5.32 Å². The Balaban J connectivity index is 1.81. The van der Waals surface area contributed by atoms with Gasteiger partial charge in [0.1, 0.15) is 0 Å². The van der Waals surface area contributed by atoms with Crippen LogP contribution in [0.25, 0.3) is 0 Å². The molecule has 0 saturated carbocycles. The van der Waals surface area contributed by atoms with E-state index in [2.05, 4.69) is 29.4 Å². The lowest BCUT2D eigenvalue weighted by molar-refractivity contribution is -0.0921. The Hall–Kier alpha value is -1.80. The maximum atomic E-state index is 13.8. The summed E-state index contributed by atoms with van der Waals surface area (Å²) in [5.41, 5.74) is 3.91. The summed E-state index contributed by atoms with van der Waals surface area (Å²) in [4.78, 5) is 16.3. The highest BCUT2D eigenvalue weighted by atomic mass is 32.1. The Labute approximate surface area is 205 Å². The van der Waals surface area contributed by atoms with Gasteiger partial charge in [-0.05, 0) is 87.6 Å². The van der Waals surface area contributed by atoms with Crippen LogP contribution in [0.3, 0.4) is 0 Å². The van der Waals surface area contributed by atoms with E-state index in [-0.39, 0.29) is 12.1 Å². The highest BCUT2D eigenvalue weighted by Crippen LogP contribution is 2.38. The number of fused-ring (bicyclic) bond motifs is 1. The third-order valence-corrected chi connectivity index (χ3v) is 8.44. The van der Waals surface area contributed by atoms with E-state index in [1.807, 2.05) is 6.92 Å². The van der Waals surface area contributed by atoms with Gasteiger partial charge in [-0.3, -0.25) is 10.2 Å². The summed E-state index contributed by atoms with van der Waals surface area (Å²) in [6.45, 7) is 9.52. The van der Waals surface area contributed by atoms with Gasteiger partial charge in [0.05, 0.1) is 5.00 Å². The van der Waals surface area contributed by atoms with Crippen LogP contribution in [0.1, 0.15) is 75.3 Å². The first kappa shape index (κ1) is 26.8. The zero-order chi connectivity index (χ0) is 24.9. The number of likely N-dealkylation sites (N-methyl/N-ethyl adjacent to an activating group) is 1. The van der Waals surface area contributed by atoms with Gasteiger partial charge >= 0.3 is 12.2 Å². The summed E-state index contributed by atoms with van der Waals surface area (Å²) in [5.74, 6) is 0. The van der Waals surface area contributed by atoms with Crippen LogP contribution in [-0.2, 0) is 12.8 Å². The van der Waals surface area contributed by atoms with Crippen molar-refractivity contribution >= 4 is 22.4 Å². The van der Waals surface area contributed by atoms with Gasteiger partial charge in [-0.1, -0.05) is 25.8 Å². The molecule has 34 heavy (non-hydrogen) atoms. The molecule has 0 saturated heterocycles. The predicted molar refractivity (Wildman–Crippen MR) is 135 cm³/mol. The zero-order valence-corrected chi connectivity index (χ0v) is 21.7. The molecule has 3 rings (SSSR count). The number of anilines is 1. The number of urea groups is 1. The Morgan fingerprint density at radius 1 is 1.15 bits per heavy atom. The molecule has 2 N–H and O–H groups in total. The Kier molecular flexibility index (Phi) is 9.27. The lowest BCUT2D eigenvalue weighted by Crippen LogP contribution is -2.35. The summed E-state index contributed by atoms with van der Waals surface area (Å²) >= 11 is 1.60. The minimum atomic E-state index is -4.43. The number of hydrogen-bond acceptors (Lipinski definition) is 3. The van der Waals surface area contributed by atoms with E-state index in [1.165, 1.54) is 10.4 Å². The molecular formula is C26H38F3N3OS. The minimum absolute atomic E-state index is 0.127. The van der Waals surface area contributed by atoms with E-state index in [1.54, 1.807) is 11.3 Å². The van der Waals surface area contributed by atoms with Gasteiger partial charge in [0, 0.05) is 30.1 Å². The fourth-order valence-corrected chi connectivity index (χ4v) is 6.23. The van der Waals surface area contributed by atoms with Gasteiger partial charge in [-0.15, -0.1) is 11.3 Å². The van der Waals surface area contributed by atoms with Crippen molar-refractivity contribution in [3.05, 3.63) is 38.3 Å². The second-order valence-electron chi connectivity index (χ2n) is 9.38. The van der Waals surface area contributed by atoms with Crippen molar-refractivity contribution in [3.8, 4) is 0 Å². The van der Waals surface area contributed by atoms with Crippen LogP contribution in [0.2, 0.25) is 0 Å². The SMILES string of the molecule is CCCCC1=C(/C(CNC(=O)Nc2sc3c(c2C)CCCC3)=C(\C)C(F)(F)F)CCN(CC)C1. The quantitative estimate of drug-likeness (QED) is 0.401. The van der Waals surface area contributed by atoms with Crippen LogP contribution in [0.15, 0.2) is 22.3 Å². The van der Waals surface area contributed by atoms with E-state index in [9.17, 15) is 18.0 Å². The first-order valence-corrected chi connectivity index (χ1v) is 13.3. The van der Waals surface area contributed by atoms with Gasteiger partial charge in [-0.2, -0.15) is 13.2 Å². The molecule has 1 aliphatic carbocycles. The number of aryl methyl sites for hydroxylation is 1. The molecule has 4 nitrogen and oxygen atoms in total. The van der Waals surface area contributed by atoms with Gasteiger partial charge in [0.2, 0.25) is 0 Å². The number of unbranched alkanes of at least 4 members (excludes halogenated alkanes) is 1. The number of rotatable bonds is 8. The number of carbonyl (C=O) groups excluding carboxylic acids is 1. The molecule has 1 aromatic rings. The molecule has 0 bridgehead atoms. The summed E-state index contributed by atoms with van der Waals surface area (Å²) in [6, 6.07) is -0.448. The first-order valence-electron chi connectivity index (χ1n) is 12.5. The average molecular weight is 498 g/mol. The van der Waals surface area contributed by atoms with Gasteiger partial charge in [-0.25, -0.2) is 4.79 Å². The van der Waals surface area contributed by atoms with Crippen molar-refractivity contribution in [2.24, 2.45) is 0 Å². The molecule has 0 unspecified atom stereocenters. The smallest absolute Gasteiger partial charge is 0.334 e. The average Bonchev–Trinajstić information content (AvgIpc) is 3.12. The largest absolute Gasteiger partial charge is 0.412 e. The number of thiophene rings is 1. The number of nitrogens with one attached hydrogen (secondary N) is 2. The van der Waals surface area contributed by atoms with Crippen molar-refractivity contribution in [2.75, 3.05) is 31.5 Å². The van der Waals surface area contributed by atoms with Gasteiger partial charge in [0.25, 0.3) is 0 Å². The van der Waals surface area contributed by atoms with E-state index < -0.39 is 17.8 Å². The molecule has 0 atom stereocenters. The molecule has 0 fully saturated rings. The monoisotopic (exact) mass is 497 g/mol. The fraction of sp³-hybridized carbons (Fsp3) is 0.654. The molecule has 0 aromatic carbocycles. The van der Waals surface area contributed by atoms with Crippen LogP contribution in [-0.4, -0.2) is 43.3 Å². The second-order valence-corrected chi connectivity index (χ2v) is 10.5. The molecule has 0 radical (unpaired) electrons. The van der Waals surface area contributed by atoms with Crippen LogP contribution in [0, 0.1) is 6.92 Å². The number of carbonyl (C=O) groups is 1. The molecular weight excluding hydrogens is 459 g/mol. The molecule has 1 aliphatic heterocycles. The molecule has 190 valence electrons. The van der Waals surface area contributed by atoms with E-state index in [4.69, 9.17) is 0 Å². The first-order chi connectivity index (χ1) is 16.2. The standard InChI is InChI=1S/C26H38F3N3OS/c1-5-7-10-19-16-32(6-2)14-13-21(19)22(18(4)26(27,28)29)15-30-25(33)31-24-17(3)20-11-8-9-12-23(20)34-24/h5-16H2,1-4H3,(H2,30,31,33)/b22-18+. The summed E-state index contributed by atoms with van der Waals surface area (Å²) in [6.07, 6.45) is 3.27. The second kappa shape index (κ2) is 11.8. The summed E-state index contributed by atoms with van der Waals surface area (Å²) in [5, 5.41) is 6.45. The van der Waals surface area contributed by atoms with Gasteiger partial charge in [0.15, 0.2) is 0 Å². The Morgan fingerprint density at radius 3 is 2.53 bits per heavy atom. The Bertz CT molecular complexity index is 946. The highest BCUT2D eigenvalue weighted by Gasteiger charge is 2.35. The summed E-state index contributed by atoms with van der Waals surface area (Å²) < 4.78 is 41.4. The minimum Gasteiger partial charge on any atom is -0.334 e. The zero-order valence-electron chi connectivity index (χ0n) is 20.9. The number of allylic oxidation sites excluding steroid dienone is 1. The number of nitrogens with zero attached hydrogens (tertiary/aromatic N) is 1. The van der Waals surface area contributed by atoms with Crippen molar-refractivity contribution < 1.29 is 18.0 Å². The van der Waals surface area contributed by atoms with Crippen molar-refractivity contribution in [1.29, 1.82) is 0 Å². The van der Waals surface area contributed by atoms with Crippen molar-refractivity contribution in [3.63, 3.8) is 0 Å². The highest BCUT2D eigenvalue weighted by molar-refractivity contribution is 7.16. The molecule has 0 spiro atoms. The van der Waals surface area contributed by atoms with E-state index in [0.29, 0.717) is 13.0 Å².